The molecule has 0 aromatic heterocycles. The molecule has 0 aliphatic carbocycles. The third-order valence-corrected chi connectivity index (χ3v) is 6.07. The number of ether oxygens (including phenoxy) is 2. The number of amides is 3. The van der Waals surface area contributed by atoms with Crippen molar-refractivity contribution in [2.24, 2.45) is 0 Å². The zero-order chi connectivity index (χ0) is 24.7. The van der Waals surface area contributed by atoms with E-state index in [1.54, 1.807) is 42.3 Å². The summed E-state index contributed by atoms with van der Waals surface area (Å²) in [5.74, 6) is 0.456. The molecule has 1 aliphatic heterocycles. The number of nitrogens with zero attached hydrogens (tertiary/aromatic N) is 1. The third-order valence-electron chi connectivity index (χ3n) is 5.82. The maximum Gasteiger partial charge on any atom is 0.253 e. The molecule has 8 nitrogen and oxygen atoms in total. The van der Waals surface area contributed by atoms with Crippen molar-refractivity contribution in [3.8, 4) is 11.5 Å². The van der Waals surface area contributed by atoms with E-state index in [-0.39, 0.29) is 30.2 Å². The van der Waals surface area contributed by atoms with E-state index in [1.807, 2.05) is 12.1 Å². The Kier molecular flexibility index (Phi) is 8.76. The summed E-state index contributed by atoms with van der Waals surface area (Å²) in [5.41, 5.74) is 1.34. The molecule has 1 fully saturated rings. The summed E-state index contributed by atoms with van der Waals surface area (Å²) in [7, 11) is 3.08. The summed E-state index contributed by atoms with van der Waals surface area (Å²) in [6.07, 6.45) is 1.50. The number of carbonyl (C=O) groups excluding carboxylic acids is 3. The van der Waals surface area contributed by atoms with Crippen LogP contribution in [0.15, 0.2) is 42.5 Å². The van der Waals surface area contributed by atoms with E-state index in [1.165, 1.54) is 14.0 Å². The molecule has 0 saturated carbocycles. The topological polar surface area (TPSA) is 97.0 Å². The zero-order valence-electron chi connectivity index (χ0n) is 19.6. The SMILES string of the molecule is COc1cccc(C[C@H](NC(C)=O)C(=O)NC2CCN(C(=O)c3ccc(Cl)cc3)CC2)c1OC. The van der Waals surface area contributed by atoms with Gasteiger partial charge in [0, 0.05) is 48.6 Å². The van der Waals surface area contributed by atoms with E-state index >= 15 is 0 Å². The number of halogens is 1. The van der Waals surface area contributed by atoms with Gasteiger partial charge in [0.15, 0.2) is 11.5 Å². The number of rotatable bonds is 8. The molecule has 1 saturated heterocycles. The number of methoxy groups -OCH3 is 2. The van der Waals surface area contributed by atoms with Crippen LogP contribution < -0.4 is 20.1 Å². The number of nitrogens with one attached hydrogen (secondary N) is 2. The van der Waals surface area contributed by atoms with Crippen LogP contribution >= 0.6 is 11.6 Å². The van der Waals surface area contributed by atoms with Gasteiger partial charge in [-0.15, -0.1) is 0 Å². The molecule has 0 spiro atoms. The average Bonchev–Trinajstić information content (AvgIpc) is 2.83. The normalized spacial score (nSPS) is 14.8. The Balaban J connectivity index is 1.62. The standard InChI is InChI=1S/C25H30ClN3O5/c1-16(30)27-21(15-18-5-4-6-22(33-2)23(18)34-3)24(31)28-20-11-13-29(14-12-20)25(32)17-7-9-19(26)10-8-17/h4-10,20-21H,11-15H2,1-3H3,(H,27,30)(H,28,31)/t21-/m0/s1. The van der Waals surface area contributed by atoms with Gasteiger partial charge in [0.05, 0.1) is 14.2 Å². The highest BCUT2D eigenvalue weighted by Crippen LogP contribution is 2.31. The maximum atomic E-state index is 13.1. The molecule has 0 unspecified atom stereocenters. The van der Waals surface area contributed by atoms with Gasteiger partial charge in [-0.25, -0.2) is 0 Å². The van der Waals surface area contributed by atoms with Gasteiger partial charge in [0.1, 0.15) is 6.04 Å². The number of para-hydroxylation sites is 1. The molecule has 9 heteroatoms. The molecular formula is C25H30ClN3O5. The van der Waals surface area contributed by atoms with Crippen molar-refractivity contribution in [2.45, 2.75) is 38.3 Å². The first kappa shape index (κ1) is 25.4. The molecular weight excluding hydrogens is 458 g/mol. The second-order valence-electron chi connectivity index (χ2n) is 8.19. The first-order chi connectivity index (χ1) is 16.3. The Labute approximate surface area is 204 Å². The number of hydrogen-bond acceptors (Lipinski definition) is 5. The van der Waals surface area contributed by atoms with Crippen LogP contribution in [0.25, 0.3) is 0 Å². The maximum absolute atomic E-state index is 13.1. The molecule has 1 aliphatic rings. The fraction of sp³-hybridized carbons (Fsp3) is 0.400. The van der Waals surface area contributed by atoms with Crippen molar-refractivity contribution >= 4 is 29.3 Å². The highest BCUT2D eigenvalue weighted by Gasteiger charge is 2.28. The Bertz CT molecular complexity index is 1020. The van der Waals surface area contributed by atoms with Crippen molar-refractivity contribution in [3.05, 3.63) is 58.6 Å². The Morgan fingerprint density at radius 2 is 1.74 bits per heavy atom. The summed E-state index contributed by atoms with van der Waals surface area (Å²) in [6.45, 7) is 2.44. The van der Waals surface area contributed by atoms with Gasteiger partial charge < -0.3 is 25.0 Å². The molecule has 2 aromatic carbocycles. The average molecular weight is 488 g/mol. The third kappa shape index (κ3) is 6.41. The highest BCUT2D eigenvalue weighted by atomic mass is 35.5. The first-order valence-electron chi connectivity index (χ1n) is 11.1. The van der Waals surface area contributed by atoms with Gasteiger partial charge in [-0.2, -0.15) is 0 Å². The highest BCUT2D eigenvalue weighted by molar-refractivity contribution is 6.30. The Morgan fingerprint density at radius 3 is 2.32 bits per heavy atom. The van der Waals surface area contributed by atoms with Crippen LogP contribution in [0.5, 0.6) is 11.5 Å². The van der Waals surface area contributed by atoms with Gasteiger partial charge in [-0.3, -0.25) is 14.4 Å². The lowest BCUT2D eigenvalue weighted by molar-refractivity contribution is -0.128. The van der Waals surface area contributed by atoms with Crippen LogP contribution in [0, 0.1) is 0 Å². The fourth-order valence-corrected chi connectivity index (χ4v) is 4.22. The van der Waals surface area contributed by atoms with E-state index in [9.17, 15) is 14.4 Å². The summed E-state index contributed by atoms with van der Waals surface area (Å²) in [5, 5.41) is 6.35. The van der Waals surface area contributed by atoms with Gasteiger partial charge in [0.25, 0.3) is 5.91 Å². The number of carbonyl (C=O) groups is 3. The molecule has 0 bridgehead atoms. The predicted molar refractivity (Wildman–Crippen MR) is 129 cm³/mol. The number of hydrogen-bond donors (Lipinski definition) is 2. The summed E-state index contributed by atoms with van der Waals surface area (Å²) < 4.78 is 10.8. The minimum Gasteiger partial charge on any atom is -0.493 e. The van der Waals surface area contributed by atoms with E-state index in [2.05, 4.69) is 10.6 Å². The second kappa shape index (κ2) is 11.7. The molecule has 1 atom stereocenters. The second-order valence-corrected chi connectivity index (χ2v) is 8.63. The molecule has 182 valence electrons. The molecule has 34 heavy (non-hydrogen) atoms. The van der Waals surface area contributed by atoms with Crippen molar-refractivity contribution in [2.75, 3.05) is 27.3 Å². The van der Waals surface area contributed by atoms with Crippen molar-refractivity contribution in [3.63, 3.8) is 0 Å². The zero-order valence-corrected chi connectivity index (χ0v) is 20.4. The number of piperidine rings is 1. The number of benzene rings is 2. The van der Waals surface area contributed by atoms with Gasteiger partial charge in [-0.1, -0.05) is 23.7 Å². The largest absolute Gasteiger partial charge is 0.493 e. The minimum absolute atomic E-state index is 0.0531. The van der Waals surface area contributed by atoms with Crippen LogP contribution in [0.2, 0.25) is 5.02 Å². The van der Waals surface area contributed by atoms with E-state index in [4.69, 9.17) is 21.1 Å². The molecule has 3 rings (SSSR count). The van der Waals surface area contributed by atoms with Crippen LogP contribution in [0.3, 0.4) is 0 Å². The Hall–Kier alpha value is -3.26. The molecule has 1 heterocycles. The van der Waals surface area contributed by atoms with Crippen molar-refractivity contribution in [1.29, 1.82) is 0 Å². The monoisotopic (exact) mass is 487 g/mol. The quantitative estimate of drug-likeness (QED) is 0.596. The molecule has 3 amide bonds. The van der Waals surface area contributed by atoms with Crippen LogP contribution in [-0.4, -0.2) is 62.0 Å². The summed E-state index contributed by atoms with van der Waals surface area (Å²) >= 11 is 5.91. The first-order valence-corrected chi connectivity index (χ1v) is 11.5. The van der Waals surface area contributed by atoms with Gasteiger partial charge in [-0.05, 0) is 43.2 Å². The number of likely N-dealkylation sites (tertiary alicyclic amines) is 1. The van der Waals surface area contributed by atoms with Crippen LogP contribution in [0.4, 0.5) is 0 Å². The summed E-state index contributed by atoms with van der Waals surface area (Å²) in [4.78, 5) is 39.4. The molecule has 0 radical (unpaired) electrons. The van der Waals surface area contributed by atoms with Gasteiger partial charge in [0.2, 0.25) is 11.8 Å². The lowest BCUT2D eigenvalue weighted by Gasteiger charge is -2.33. The molecule has 2 N–H and O–H groups in total. The van der Waals surface area contributed by atoms with E-state index < -0.39 is 6.04 Å². The predicted octanol–water partition coefficient (Wildman–Crippen LogP) is 2.83. The molecule has 2 aromatic rings. The minimum atomic E-state index is -0.771. The lowest BCUT2D eigenvalue weighted by atomic mass is 10.0. The van der Waals surface area contributed by atoms with Gasteiger partial charge >= 0.3 is 0 Å². The van der Waals surface area contributed by atoms with Crippen molar-refractivity contribution < 1.29 is 23.9 Å². The lowest BCUT2D eigenvalue weighted by Crippen LogP contribution is -2.53. The van der Waals surface area contributed by atoms with Crippen LogP contribution in [0.1, 0.15) is 35.7 Å². The van der Waals surface area contributed by atoms with E-state index in [0.717, 1.165) is 5.56 Å². The smallest absolute Gasteiger partial charge is 0.253 e. The fourth-order valence-electron chi connectivity index (χ4n) is 4.09. The van der Waals surface area contributed by atoms with Crippen molar-refractivity contribution in [1.82, 2.24) is 15.5 Å². The van der Waals surface area contributed by atoms with Crippen LogP contribution in [-0.2, 0) is 16.0 Å². The Morgan fingerprint density at radius 1 is 1.06 bits per heavy atom. The van der Waals surface area contributed by atoms with E-state index in [0.29, 0.717) is 48.0 Å². The summed E-state index contributed by atoms with van der Waals surface area (Å²) in [6, 6.07) is 11.4.